The smallest absolute Gasteiger partial charge is 0.328 e. The Hall–Kier alpha value is -1.69. The summed E-state index contributed by atoms with van der Waals surface area (Å²) in [7, 11) is 0. The highest BCUT2D eigenvalue weighted by molar-refractivity contribution is 7.71. The first-order valence-corrected chi connectivity index (χ1v) is 3.81. The molecule has 0 saturated heterocycles. The molecule has 68 valence electrons. The van der Waals surface area contributed by atoms with Crippen molar-refractivity contribution >= 4 is 24.3 Å². The summed E-state index contributed by atoms with van der Waals surface area (Å²) in [6.45, 7) is 0. The molecule has 5 nitrogen and oxygen atoms in total. The zero-order valence-corrected chi connectivity index (χ0v) is 7.34. The molecule has 6 heteroatoms. The number of H-pyrrole nitrogens is 2. The molecule has 0 saturated carbocycles. The van der Waals surface area contributed by atoms with Crippen LogP contribution in [-0.2, 0) is 4.79 Å². The van der Waals surface area contributed by atoms with Gasteiger partial charge in [0.05, 0.1) is 0 Å². The molecular weight excluding hydrogens is 190 g/mol. The van der Waals surface area contributed by atoms with Crippen molar-refractivity contribution in [3.8, 4) is 0 Å². The molecule has 0 unspecified atom stereocenters. The van der Waals surface area contributed by atoms with E-state index in [4.69, 9.17) is 17.3 Å². The average molecular weight is 197 g/mol. The first kappa shape index (κ1) is 9.40. The van der Waals surface area contributed by atoms with Crippen molar-refractivity contribution < 1.29 is 9.90 Å². The minimum Gasteiger partial charge on any atom is -0.478 e. The van der Waals surface area contributed by atoms with Crippen LogP contribution in [-0.4, -0.2) is 26.3 Å². The minimum atomic E-state index is -0.986. The van der Waals surface area contributed by atoms with Crippen molar-refractivity contribution in [2.75, 3.05) is 0 Å². The summed E-state index contributed by atoms with van der Waals surface area (Å²) in [6, 6.07) is 0. The third-order valence-corrected chi connectivity index (χ3v) is 1.32. The maximum atomic E-state index is 10.0. The summed E-state index contributed by atoms with van der Waals surface area (Å²) in [4.78, 5) is 13.9. The first-order chi connectivity index (χ1) is 6.18. The summed E-state index contributed by atoms with van der Waals surface area (Å²) < 4.78 is 0.363. The molecule has 0 radical (unpaired) electrons. The molecule has 0 bridgehead atoms. The van der Waals surface area contributed by atoms with Crippen LogP contribution in [0, 0.1) is 4.77 Å². The van der Waals surface area contributed by atoms with Gasteiger partial charge in [0.2, 0.25) is 4.77 Å². The second kappa shape index (κ2) is 4.36. The Bertz CT molecular complexity index is 402. The number of nitrogens with zero attached hydrogens (tertiary/aromatic N) is 1. The number of allylic oxidation sites excluding steroid dienone is 2. The Morgan fingerprint density at radius 1 is 1.46 bits per heavy atom. The van der Waals surface area contributed by atoms with E-state index in [9.17, 15) is 4.79 Å². The number of carboxylic acids is 1. The van der Waals surface area contributed by atoms with Crippen molar-refractivity contribution in [1.82, 2.24) is 15.2 Å². The summed E-state index contributed by atoms with van der Waals surface area (Å²) in [5.74, 6) is -0.431. The van der Waals surface area contributed by atoms with Gasteiger partial charge in [-0.05, 0) is 18.3 Å². The van der Waals surface area contributed by atoms with Crippen LogP contribution < -0.4 is 0 Å². The maximum Gasteiger partial charge on any atom is 0.328 e. The normalized spacial score (nSPS) is 11.4. The van der Waals surface area contributed by atoms with E-state index in [0.717, 1.165) is 6.08 Å². The molecule has 0 aliphatic carbocycles. The van der Waals surface area contributed by atoms with Crippen LogP contribution in [0.1, 0.15) is 5.82 Å². The lowest BCUT2D eigenvalue weighted by atomic mass is 10.4. The molecule has 1 aromatic heterocycles. The topological polar surface area (TPSA) is 81.8 Å². The van der Waals surface area contributed by atoms with E-state index >= 15 is 0 Å². The number of aliphatic carboxylic acids is 1. The summed E-state index contributed by atoms with van der Waals surface area (Å²) in [5.41, 5.74) is 0. The molecule has 0 fully saturated rings. The molecule has 3 N–H and O–H groups in total. The van der Waals surface area contributed by atoms with Gasteiger partial charge in [0.15, 0.2) is 0 Å². The second-order valence-electron chi connectivity index (χ2n) is 2.11. The summed E-state index contributed by atoms with van der Waals surface area (Å²) >= 11 is 4.71. The van der Waals surface area contributed by atoms with E-state index in [1.165, 1.54) is 6.08 Å². The van der Waals surface area contributed by atoms with Crippen molar-refractivity contribution in [1.29, 1.82) is 0 Å². The van der Waals surface area contributed by atoms with Crippen LogP contribution in [0.15, 0.2) is 18.2 Å². The highest BCUT2D eigenvalue weighted by atomic mass is 32.1. The molecule has 0 aliphatic rings. The number of carbonyl (C=O) groups is 1. The SMILES string of the molecule is O=C(O)C=CC=Cc1nc(=S)[nH][nH]1. The van der Waals surface area contributed by atoms with Gasteiger partial charge in [-0.15, -0.1) is 0 Å². The third kappa shape index (κ3) is 3.48. The van der Waals surface area contributed by atoms with Gasteiger partial charge in [-0.1, -0.05) is 12.2 Å². The number of hydrogen-bond acceptors (Lipinski definition) is 3. The Morgan fingerprint density at radius 3 is 2.77 bits per heavy atom. The molecule has 1 rings (SSSR count). The molecule has 1 aromatic rings. The monoisotopic (exact) mass is 197 g/mol. The first-order valence-electron chi connectivity index (χ1n) is 3.41. The van der Waals surface area contributed by atoms with Crippen LogP contribution in [0.25, 0.3) is 6.08 Å². The number of nitrogens with one attached hydrogen (secondary N) is 2. The molecule has 0 aromatic carbocycles. The zero-order valence-electron chi connectivity index (χ0n) is 6.52. The zero-order chi connectivity index (χ0) is 9.68. The third-order valence-electron chi connectivity index (χ3n) is 1.12. The molecule has 0 spiro atoms. The van der Waals surface area contributed by atoms with Crippen molar-refractivity contribution in [2.45, 2.75) is 0 Å². The number of aromatic amines is 2. The second-order valence-corrected chi connectivity index (χ2v) is 2.50. The van der Waals surface area contributed by atoms with Crippen LogP contribution in [0.2, 0.25) is 0 Å². The predicted octanol–water partition coefficient (Wildman–Crippen LogP) is 1.12. The lowest BCUT2D eigenvalue weighted by Gasteiger charge is -1.78. The van der Waals surface area contributed by atoms with Gasteiger partial charge in [0.25, 0.3) is 0 Å². The van der Waals surface area contributed by atoms with E-state index in [1.54, 1.807) is 12.2 Å². The van der Waals surface area contributed by atoms with Crippen LogP contribution >= 0.6 is 12.2 Å². The Kier molecular flexibility index (Phi) is 3.15. The molecule has 0 atom stereocenters. The fraction of sp³-hybridized carbons (Fsp3) is 0. The molecule has 1 heterocycles. The van der Waals surface area contributed by atoms with E-state index in [0.29, 0.717) is 10.6 Å². The lowest BCUT2D eigenvalue weighted by Crippen LogP contribution is -1.84. The largest absolute Gasteiger partial charge is 0.478 e. The van der Waals surface area contributed by atoms with E-state index < -0.39 is 5.97 Å². The Balaban J connectivity index is 2.59. The van der Waals surface area contributed by atoms with Gasteiger partial charge in [-0.3, -0.25) is 10.2 Å². The fourth-order valence-corrected chi connectivity index (χ4v) is 0.796. The van der Waals surface area contributed by atoms with Crippen LogP contribution in [0.4, 0.5) is 0 Å². The highest BCUT2D eigenvalue weighted by Crippen LogP contribution is 1.91. The molecule has 0 amide bonds. The Morgan fingerprint density at radius 2 is 2.23 bits per heavy atom. The van der Waals surface area contributed by atoms with E-state index in [1.807, 2.05) is 0 Å². The van der Waals surface area contributed by atoms with Crippen LogP contribution in [0.3, 0.4) is 0 Å². The molecule has 13 heavy (non-hydrogen) atoms. The van der Waals surface area contributed by atoms with Gasteiger partial charge in [0.1, 0.15) is 5.82 Å². The minimum absolute atomic E-state index is 0.363. The van der Waals surface area contributed by atoms with E-state index in [-0.39, 0.29) is 0 Å². The van der Waals surface area contributed by atoms with Crippen molar-refractivity contribution in [3.05, 3.63) is 28.8 Å². The summed E-state index contributed by atoms with van der Waals surface area (Å²) in [6.07, 6.45) is 5.58. The van der Waals surface area contributed by atoms with Gasteiger partial charge in [0, 0.05) is 6.08 Å². The van der Waals surface area contributed by atoms with E-state index in [2.05, 4.69) is 15.2 Å². The highest BCUT2D eigenvalue weighted by Gasteiger charge is 1.87. The lowest BCUT2D eigenvalue weighted by molar-refractivity contribution is -0.131. The number of hydrogen-bond donors (Lipinski definition) is 3. The molecular formula is C7H7N3O2S. The van der Waals surface area contributed by atoms with Gasteiger partial charge < -0.3 is 5.11 Å². The van der Waals surface area contributed by atoms with Gasteiger partial charge in [-0.2, -0.15) is 0 Å². The quantitative estimate of drug-likeness (QED) is 0.385. The molecule has 0 aliphatic heterocycles. The predicted molar refractivity (Wildman–Crippen MR) is 49.6 cm³/mol. The number of rotatable bonds is 3. The number of carboxylic acid groups (broad SMARTS) is 1. The van der Waals surface area contributed by atoms with Crippen molar-refractivity contribution in [3.63, 3.8) is 0 Å². The average Bonchev–Trinajstić information content (AvgIpc) is 2.45. The van der Waals surface area contributed by atoms with Crippen LogP contribution in [0.5, 0.6) is 0 Å². The fourth-order valence-electron chi connectivity index (χ4n) is 0.646. The maximum absolute atomic E-state index is 10.0. The van der Waals surface area contributed by atoms with Gasteiger partial charge >= 0.3 is 5.97 Å². The van der Waals surface area contributed by atoms with Crippen molar-refractivity contribution in [2.24, 2.45) is 0 Å². The number of aromatic nitrogens is 3. The van der Waals surface area contributed by atoms with Gasteiger partial charge in [-0.25, -0.2) is 9.78 Å². The standard InChI is InChI=1S/C7H7N3O2S/c11-6(12)4-2-1-3-5-8-7(13)10-9-5/h1-4H,(H,11,12)(H2,8,9,10,13). The Labute approximate surface area is 78.8 Å². The summed E-state index contributed by atoms with van der Waals surface area (Å²) in [5, 5.41) is 13.5.